The SMILES string of the molecule is C=C(CC)CCC=CC. The summed E-state index contributed by atoms with van der Waals surface area (Å²) in [4.78, 5) is 0. The molecule has 0 bridgehead atoms. The van der Waals surface area contributed by atoms with Crippen molar-refractivity contribution in [1.29, 1.82) is 0 Å². The highest BCUT2D eigenvalue weighted by atomic mass is 13.9. The van der Waals surface area contributed by atoms with Gasteiger partial charge in [-0.15, -0.1) is 0 Å². The third kappa shape index (κ3) is 5.35. The summed E-state index contributed by atoms with van der Waals surface area (Å²) < 4.78 is 0. The lowest BCUT2D eigenvalue weighted by Crippen LogP contribution is -1.75. The molecule has 52 valence electrons. The van der Waals surface area contributed by atoms with Crippen LogP contribution in [0.1, 0.15) is 33.1 Å². The van der Waals surface area contributed by atoms with Crippen LogP contribution in [0.15, 0.2) is 24.3 Å². The average Bonchev–Trinajstić information content (AvgIpc) is 1.89. The first-order chi connectivity index (χ1) is 4.31. The highest BCUT2D eigenvalue weighted by molar-refractivity contribution is 4.95. The lowest BCUT2D eigenvalue weighted by atomic mass is 10.1. The molecule has 0 nitrogen and oxygen atoms in total. The highest BCUT2D eigenvalue weighted by Crippen LogP contribution is 2.05. The molecule has 0 spiro atoms. The maximum atomic E-state index is 3.91. The topological polar surface area (TPSA) is 0 Å². The zero-order valence-electron chi connectivity index (χ0n) is 6.48. The number of hydrogen-bond acceptors (Lipinski definition) is 0. The van der Waals surface area contributed by atoms with E-state index in [4.69, 9.17) is 0 Å². The molecule has 0 heterocycles. The molecule has 0 saturated carbocycles. The number of allylic oxidation sites excluding steroid dienone is 3. The van der Waals surface area contributed by atoms with Crippen LogP contribution in [0.5, 0.6) is 0 Å². The molecule has 0 fully saturated rings. The Hall–Kier alpha value is -0.520. The van der Waals surface area contributed by atoms with Gasteiger partial charge in [0, 0.05) is 0 Å². The van der Waals surface area contributed by atoms with Crippen LogP contribution in [0.25, 0.3) is 0 Å². The molecule has 0 rings (SSSR count). The van der Waals surface area contributed by atoms with Crippen molar-refractivity contribution in [2.75, 3.05) is 0 Å². The van der Waals surface area contributed by atoms with Crippen LogP contribution in [0, 0.1) is 0 Å². The van der Waals surface area contributed by atoms with E-state index in [2.05, 4.69) is 32.6 Å². The van der Waals surface area contributed by atoms with Gasteiger partial charge in [-0.1, -0.05) is 31.2 Å². The monoisotopic (exact) mass is 124 g/mol. The van der Waals surface area contributed by atoms with Gasteiger partial charge in [0.05, 0.1) is 0 Å². The first-order valence-electron chi connectivity index (χ1n) is 3.59. The average molecular weight is 124 g/mol. The van der Waals surface area contributed by atoms with Crippen LogP contribution < -0.4 is 0 Å². The van der Waals surface area contributed by atoms with Gasteiger partial charge in [-0.05, 0) is 26.2 Å². The van der Waals surface area contributed by atoms with E-state index >= 15 is 0 Å². The Bertz CT molecular complexity index is 98.6. The quantitative estimate of drug-likeness (QED) is 0.504. The van der Waals surface area contributed by atoms with Gasteiger partial charge in [-0.3, -0.25) is 0 Å². The fraction of sp³-hybridized carbons (Fsp3) is 0.556. The summed E-state index contributed by atoms with van der Waals surface area (Å²) in [7, 11) is 0. The molecular weight excluding hydrogens is 108 g/mol. The van der Waals surface area contributed by atoms with E-state index in [9.17, 15) is 0 Å². The van der Waals surface area contributed by atoms with Gasteiger partial charge in [0.25, 0.3) is 0 Å². The van der Waals surface area contributed by atoms with Crippen molar-refractivity contribution in [2.24, 2.45) is 0 Å². The minimum Gasteiger partial charge on any atom is -0.0999 e. The molecule has 0 aromatic rings. The van der Waals surface area contributed by atoms with Crippen molar-refractivity contribution in [3.63, 3.8) is 0 Å². The molecule has 0 saturated heterocycles. The lowest BCUT2D eigenvalue weighted by molar-refractivity contribution is 0.914. The fourth-order valence-electron chi connectivity index (χ4n) is 0.631. The molecule has 0 aliphatic heterocycles. The summed E-state index contributed by atoms with van der Waals surface area (Å²) >= 11 is 0. The van der Waals surface area contributed by atoms with Crippen LogP contribution in [0.2, 0.25) is 0 Å². The Morgan fingerprint density at radius 2 is 2.22 bits per heavy atom. The Morgan fingerprint density at radius 1 is 1.56 bits per heavy atom. The highest BCUT2D eigenvalue weighted by Gasteiger charge is 1.85. The zero-order valence-corrected chi connectivity index (χ0v) is 6.48. The molecule has 0 heteroatoms. The van der Waals surface area contributed by atoms with Crippen molar-refractivity contribution in [3.8, 4) is 0 Å². The summed E-state index contributed by atoms with van der Waals surface area (Å²) in [5.41, 5.74) is 1.35. The lowest BCUT2D eigenvalue weighted by Gasteiger charge is -1.95. The van der Waals surface area contributed by atoms with Crippen molar-refractivity contribution in [3.05, 3.63) is 24.3 Å². The van der Waals surface area contributed by atoms with Crippen LogP contribution in [0.4, 0.5) is 0 Å². The van der Waals surface area contributed by atoms with Crippen LogP contribution in [-0.4, -0.2) is 0 Å². The van der Waals surface area contributed by atoms with E-state index in [-0.39, 0.29) is 0 Å². The smallest absolute Gasteiger partial charge is 0.0288 e. The number of hydrogen-bond donors (Lipinski definition) is 0. The van der Waals surface area contributed by atoms with E-state index in [1.807, 2.05) is 0 Å². The van der Waals surface area contributed by atoms with Gasteiger partial charge in [0.15, 0.2) is 0 Å². The molecule has 0 unspecified atom stereocenters. The minimum atomic E-state index is 1.12. The second-order valence-corrected chi connectivity index (χ2v) is 2.21. The zero-order chi connectivity index (χ0) is 7.11. The van der Waals surface area contributed by atoms with Gasteiger partial charge >= 0.3 is 0 Å². The van der Waals surface area contributed by atoms with Crippen molar-refractivity contribution >= 4 is 0 Å². The maximum absolute atomic E-state index is 3.91. The Balaban J connectivity index is 3.17. The second kappa shape index (κ2) is 5.61. The van der Waals surface area contributed by atoms with Crippen LogP contribution >= 0.6 is 0 Å². The summed E-state index contributed by atoms with van der Waals surface area (Å²) in [5.74, 6) is 0. The molecule has 0 aliphatic rings. The van der Waals surface area contributed by atoms with Crippen LogP contribution in [-0.2, 0) is 0 Å². The maximum Gasteiger partial charge on any atom is -0.0288 e. The molecule has 0 atom stereocenters. The molecular formula is C9H16. The Labute approximate surface area is 58.3 Å². The predicted octanol–water partition coefficient (Wildman–Crippen LogP) is 3.31. The number of rotatable bonds is 4. The molecule has 9 heavy (non-hydrogen) atoms. The summed E-state index contributed by atoms with van der Waals surface area (Å²) in [5, 5.41) is 0. The second-order valence-electron chi connectivity index (χ2n) is 2.21. The Kier molecular flexibility index (Phi) is 5.29. The first-order valence-corrected chi connectivity index (χ1v) is 3.59. The van der Waals surface area contributed by atoms with E-state index in [1.54, 1.807) is 0 Å². The van der Waals surface area contributed by atoms with Gasteiger partial charge in [0.1, 0.15) is 0 Å². The largest absolute Gasteiger partial charge is 0.0999 e. The van der Waals surface area contributed by atoms with E-state index < -0.39 is 0 Å². The van der Waals surface area contributed by atoms with Crippen molar-refractivity contribution in [2.45, 2.75) is 33.1 Å². The van der Waals surface area contributed by atoms with E-state index in [1.165, 1.54) is 5.57 Å². The molecule has 0 aliphatic carbocycles. The molecule has 0 aromatic heterocycles. The summed E-state index contributed by atoms with van der Waals surface area (Å²) in [6, 6.07) is 0. The van der Waals surface area contributed by atoms with Crippen LogP contribution in [0.3, 0.4) is 0 Å². The van der Waals surface area contributed by atoms with E-state index in [0.717, 1.165) is 19.3 Å². The fourth-order valence-corrected chi connectivity index (χ4v) is 0.631. The van der Waals surface area contributed by atoms with Gasteiger partial charge in [0.2, 0.25) is 0 Å². The van der Waals surface area contributed by atoms with Crippen molar-refractivity contribution < 1.29 is 0 Å². The van der Waals surface area contributed by atoms with E-state index in [0.29, 0.717) is 0 Å². The third-order valence-electron chi connectivity index (χ3n) is 1.40. The van der Waals surface area contributed by atoms with Gasteiger partial charge in [-0.25, -0.2) is 0 Å². The molecule has 0 radical (unpaired) electrons. The van der Waals surface area contributed by atoms with Gasteiger partial charge in [-0.2, -0.15) is 0 Å². The first kappa shape index (κ1) is 8.48. The molecule has 0 N–H and O–H groups in total. The standard InChI is InChI=1S/C9H16/c1-4-6-7-8-9(3)5-2/h4,6H,3,5,7-8H2,1-2H3. The Morgan fingerprint density at radius 3 is 2.67 bits per heavy atom. The molecule has 0 amide bonds. The normalized spacial score (nSPS) is 10.4. The van der Waals surface area contributed by atoms with Crippen molar-refractivity contribution in [1.82, 2.24) is 0 Å². The minimum absolute atomic E-state index is 1.12. The summed E-state index contributed by atoms with van der Waals surface area (Å²) in [6.07, 6.45) is 7.70. The predicted molar refractivity (Wildman–Crippen MR) is 43.5 cm³/mol. The van der Waals surface area contributed by atoms with Gasteiger partial charge < -0.3 is 0 Å². The third-order valence-corrected chi connectivity index (χ3v) is 1.40. The summed E-state index contributed by atoms with van der Waals surface area (Å²) in [6.45, 7) is 8.11. The molecule has 0 aromatic carbocycles.